The van der Waals surface area contributed by atoms with Gasteiger partial charge in [-0.1, -0.05) is 6.42 Å². The molecule has 0 radical (unpaired) electrons. The summed E-state index contributed by atoms with van der Waals surface area (Å²) in [6.07, 6.45) is 6.35. The summed E-state index contributed by atoms with van der Waals surface area (Å²) in [5.41, 5.74) is 4.18. The number of carbonyl (C=O) groups excluding carboxylic acids is 1. The van der Waals surface area contributed by atoms with Crippen molar-refractivity contribution in [2.45, 2.75) is 51.1 Å². The topological polar surface area (TPSA) is 109 Å². The van der Waals surface area contributed by atoms with Crippen LogP contribution in [0.1, 0.15) is 47.3 Å². The fraction of sp³-hybridized carbons (Fsp3) is 0.500. The number of hydrogen-bond acceptors (Lipinski definition) is 6. The third kappa shape index (κ3) is 4.23. The number of benzene rings is 1. The number of rotatable bonds is 6. The number of nitrogens with one attached hydrogen (secondary N) is 2. The van der Waals surface area contributed by atoms with E-state index < -0.39 is 0 Å². The number of H-pyrrole nitrogens is 1. The Hall–Kier alpha value is -3.07. The SMILES string of the molecule is O=C(NCC1CCCCN1CCn1nc2c(cc1=O)CCC2)c1ccc2n[nH]nc2c1. The molecule has 3 aromatic rings. The lowest BCUT2D eigenvalue weighted by Gasteiger charge is -2.35. The molecule has 0 spiro atoms. The van der Waals surface area contributed by atoms with Gasteiger partial charge in [-0.2, -0.15) is 20.5 Å². The number of aromatic amines is 1. The number of likely N-dealkylation sites (tertiary alicyclic amines) is 1. The van der Waals surface area contributed by atoms with Crippen LogP contribution in [-0.4, -0.2) is 61.7 Å². The molecule has 2 N–H and O–H groups in total. The molecule has 3 heterocycles. The summed E-state index contributed by atoms with van der Waals surface area (Å²) in [6.45, 7) is 2.91. The molecular weight excluding hydrogens is 394 g/mol. The van der Waals surface area contributed by atoms with Crippen LogP contribution in [0.5, 0.6) is 0 Å². The van der Waals surface area contributed by atoms with E-state index in [9.17, 15) is 9.59 Å². The highest BCUT2D eigenvalue weighted by Crippen LogP contribution is 2.18. The zero-order valence-electron chi connectivity index (χ0n) is 17.5. The van der Waals surface area contributed by atoms with Crippen LogP contribution < -0.4 is 10.9 Å². The number of piperidine rings is 1. The standard InChI is InChI=1S/C22H27N7O2/c30-21-13-15-4-3-6-18(15)26-29(21)11-10-28-9-2-1-5-17(28)14-23-22(31)16-7-8-19-20(12-16)25-27-24-19/h7-8,12-13,17H,1-6,9-11,14H2,(H,23,31)(H,24,25,27). The van der Waals surface area contributed by atoms with Gasteiger partial charge in [-0.3, -0.25) is 14.5 Å². The zero-order chi connectivity index (χ0) is 21.2. The molecule has 2 aromatic heterocycles. The first-order chi connectivity index (χ1) is 15.2. The van der Waals surface area contributed by atoms with Crippen LogP contribution in [0, 0.1) is 0 Å². The average molecular weight is 422 g/mol. The molecule has 0 bridgehead atoms. The van der Waals surface area contributed by atoms with Crippen LogP contribution in [0.3, 0.4) is 0 Å². The molecule has 1 aromatic carbocycles. The molecule has 1 aliphatic heterocycles. The Morgan fingerprint density at radius 2 is 2.00 bits per heavy atom. The summed E-state index contributed by atoms with van der Waals surface area (Å²) in [4.78, 5) is 27.4. The highest BCUT2D eigenvalue weighted by Gasteiger charge is 2.23. The van der Waals surface area contributed by atoms with Crippen molar-refractivity contribution in [2.75, 3.05) is 19.6 Å². The largest absolute Gasteiger partial charge is 0.350 e. The molecule has 1 aliphatic carbocycles. The second-order valence-corrected chi connectivity index (χ2v) is 8.45. The van der Waals surface area contributed by atoms with Crippen LogP contribution in [0.25, 0.3) is 11.0 Å². The van der Waals surface area contributed by atoms with Gasteiger partial charge in [0.25, 0.3) is 11.5 Å². The summed E-state index contributed by atoms with van der Waals surface area (Å²) in [6, 6.07) is 7.33. The first-order valence-corrected chi connectivity index (χ1v) is 11.1. The van der Waals surface area contributed by atoms with Crippen LogP contribution >= 0.6 is 0 Å². The molecule has 1 atom stereocenters. The normalized spacial score (nSPS) is 18.9. The molecule has 9 heteroatoms. The quantitative estimate of drug-likeness (QED) is 0.621. The van der Waals surface area contributed by atoms with Crippen molar-refractivity contribution in [1.82, 2.24) is 35.4 Å². The zero-order valence-corrected chi connectivity index (χ0v) is 17.5. The third-order valence-corrected chi connectivity index (χ3v) is 6.45. The minimum absolute atomic E-state index is 0.00856. The van der Waals surface area contributed by atoms with Crippen molar-refractivity contribution in [1.29, 1.82) is 0 Å². The fourth-order valence-corrected chi connectivity index (χ4v) is 4.70. The van der Waals surface area contributed by atoms with Gasteiger partial charge in [0.05, 0.1) is 12.2 Å². The predicted molar refractivity (Wildman–Crippen MR) is 116 cm³/mol. The second kappa shape index (κ2) is 8.58. The molecule has 162 valence electrons. The third-order valence-electron chi connectivity index (χ3n) is 6.45. The first-order valence-electron chi connectivity index (χ1n) is 11.1. The predicted octanol–water partition coefficient (Wildman–Crippen LogP) is 1.29. The number of nitrogens with zero attached hydrogens (tertiary/aromatic N) is 5. The fourth-order valence-electron chi connectivity index (χ4n) is 4.70. The van der Waals surface area contributed by atoms with Crippen molar-refractivity contribution in [3.63, 3.8) is 0 Å². The molecule has 2 aliphatic rings. The van der Waals surface area contributed by atoms with Crippen LogP contribution in [0.4, 0.5) is 0 Å². The smallest absolute Gasteiger partial charge is 0.267 e. The molecule has 5 rings (SSSR count). The van der Waals surface area contributed by atoms with Gasteiger partial charge < -0.3 is 5.32 Å². The maximum atomic E-state index is 12.6. The Morgan fingerprint density at radius 1 is 1.10 bits per heavy atom. The number of hydrogen-bond donors (Lipinski definition) is 2. The van der Waals surface area contributed by atoms with E-state index in [4.69, 9.17) is 0 Å². The van der Waals surface area contributed by atoms with E-state index >= 15 is 0 Å². The molecule has 9 nitrogen and oxygen atoms in total. The number of fused-ring (bicyclic) bond motifs is 2. The van der Waals surface area contributed by atoms with Crippen molar-refractivity contribution >= 4 is 16.9 Å². The summed E-state index contributed by atoms with van der Waals surface area (Å²) in [5, 5.41) is 18.3. The molecule has 1 saturated heterocycles. The van der Waals surface area contributed by atoms with E-state index in [2.05, 4.69) is 30.7 Å². The van der Waals surface area contributed by atoms with Crippen molar-refractivity contribution in [2.24, 2.45) is 0 Å². The van der Waals surface area contributed by atoms with Gasteiger partial charge >= 0.3 is 0 Å². The lowest BCUT2D eigenvalue weighted by molar-refractivity contribution is 0.0909. The summed E-state index contributed by atoms with van der Waals surface area (Å²) >= 11 is 0. The number of amides is 1. The molecule has 1 amide bonds. The van der Waals surface area contributed by atoms with Gasteiger partial charge in [0.2, 0.25) is 0 Å². The summed E-state index contributed by atoms with van der Waals surface area (Å²) < 4.78 is 1.61. The Bertz CT molecular complexity index is 1150. The van der Waals surface area contributed by atoms with E-state index in [1.54, 1.807) is 28.9 Å². The number of carbonyl (C=O) groups is 1. The van der Waals surface area contributed by atoms with Crippen molar-refractivity contribution in [3.8, 4) is 0 Å². The van der Waals surface area contributed by atoms with Crippen LogP contribution in [-0.2, 0) is 19.4 Å². The van der Waals surface area contributed by atoms with Gasteiger partial charge in [0.1, 0.15) is 11.0 Å². The number of aromatic nitrogens is 5. The Balaban J connectivity index is 1.20. The van der Waals surface area contributed by atoms with Crippen LogP contribution in [0.15, 0.2) is 29.1 Å². The van der Waals surface area contributed by atoms with E-state index in [0.29, 0.717) is 24.2 Å². The maximum Gasteiger partial charge on any atom is 0.267 e. The monoisotopic (exact) mass is 421 g/mol. The highest BCUT2D eigenvalue weighted by atomic mass is 16.1. The molecule has 0 saturated carbocycles. The van der Waals surface area contributed by atoms with Gasteiger partial charge in [-0.25, -0.2) is 4.68 Å². The second-order valence-electron chi connectivity index (χ2n) is 8.45. The first kappa shape index (κ1) is 19.9. The van der Waals surface area contributed by atoms with E-state index in [0.717, 1.165) is 68.4 Å². The van der Waals surface area contributed by atoms with E-state index in [1.165, 1.54) is 0 Å². The average Bonchev–Trinajstić information content (AvgIpc) is 3.44. The van der Waals surface area contributed by atoms with E-state index in [1.807, 2.05) is 0 Å². The number of aryl methyl sites for hydroxylation is 2. The summed E-state index contributed by atoms with van der Waals surface area (Å²) in [7, 11) is 0. The van der Waals surface area contributed by atoms with Gasteiger partial charge in [-0.15, -0.1) is 0 Å². The lowest BCUT2D eigenvalue weighted by Crippen LogP contribution is -2.48. The molecular formula is C22H27N7O2. The Morgan fingerprint density at radius 3 is 2.94 bits per heavy atom. The molecule has 1 unspecified atom stereocenters. The highest BCUT2D eigenvalue weighted by molar-refractivity contribution is 5.97. The Labute approximate surface area is 179 Å². The lowest BCUT2D eigenvalue weighted by atomic mass is 10.0. The van der Waals surface area contributed by atoms with Gasteiger partial charge in [0.15, 0.2) is 0 Å². The van der Waals surface area contributed by atoms with Gasteiger partial charge in [0, 0.05) is 30.8 Å². The minimum atomic E-state index is -0.105. The molecule has 1 fully saturated rings. The van der Waals surface area contributed by atoms with Crippen molar-refractivity contribution < 1.29 is 4.79 Å². The summed E-state index contributed by atoms with van der Waals surface area (Å²) in [5.74, 6) is -0.105. The van der Waals surface area contributed by atoms with Crippen molar-refractivity contribution in [3.05, 3.63) is 51.4 Å². The van der Waals surface area contributed by atoms with Gasteiger partial charge in [-0.05, 0) is 62.4 Å². The van der Waals surface area contributed by atoms with E-state index in [-0.39, 0.29) is 17.5 Å². The molecule has 31 heavy (non-hydrogen) atoms. The minimum Gasteiger partial charge on any atom is -0.350 e. The van der Waals surface area contributed by atoms with Crippen LogP contribution in [0.2, 0.25) is 0 Å². The maximum absolute atomic E-state index is 12.6. The Kier molecular flexibility index (Phi) is 5.50.